The monoisotopic (exact) mass is 305 g/mol. The van der Waals surface area contributed by atoms with Crippen LogP contribution in [0.1, 0.15) is 18.5 Å². The van der Waals surface area contributed by atoms with E-state index in [1.165, 1.54) is 43.7 Å². The third-order valence-electron chi connectivity index (χ3n) is 4.38. The summed E-state index contributed by atoms with van der Waals surface area (Å²) in [7, 11) is 0. The SMILES string of the molecule is c1cc(-c2nc(CN3C[C@@H]4CCCN[C@@H]4C3)cs2)cs1. The predicted octanol–water partition coefficient (Wildman–Crippen LogP) is 3.06. The Kier molecular flexibility index (Phi) is 3.60. The molecule has 0 aliphatic carbocycles. The molecule has 0 radical (unpaired) electrons. The van der Waals surface area contributed by atoms with Gasteiger partial charge in [0.05, 0.1) is 5.69 Å². The first kappa shape index (κ1) is 13.0. The van der Waals surface area contributed by atoms with E-state index < -0.39 is 0 Å². The summed E-state index contributed by atoms with van der Waals surface area (Å²) in [5.41, 5.74) is 2.50. The molecule has 0 spiro atoms. The second kappa shape index (κ2) is 5.56. The maximum absolute atomic E-state index is 4.80. The largest absolute Gasteiger partial charge is 0.312 e. The summed E-state index contributed by atoms with van der Waals surface area (Å²) in [5.74, 6) is 0.860. The van der Waals surface area contributed by atoms with Crippen molar-refractivity contribution in [3.63, 3.8) is 0 Å². The van der Waals surface area contributed by atoms with Gasteiger partial charge in [-0.2, -0.15) is 11.3 Å². The molecule has 4 heterocycles. The average Bonchev–Trinajstić information content (AvgIpc) is 3.18. The predicted molar refractivity (Wildman–Crippen MR) is 85.2 cm³/mol. The van der Waals surface area contributed by atoms with Crippen LogP contribution in [0.15, 0.2) is 22.2 Å². The van der Waals surface area contributed by atoms with Crippen molar-refractivity contribution in [3.05, 3.63) is 27.9 Å². The minimum absolute atomic E-state index is 0.721. The molecular formula is C15H19N3S2. The van der Waals surface area contributed by atoms with Crippen LogP contribution in [0, 0.1) is 5.92 Å². The molecule has 3 nitrogen and oxygen atoms in total. The van der Waals surface area contributed by atoms with Crippen LogP contribution in [0.4, 0.5) is 0 Å². The van der Waals surface area contributed by atoms with Crippen LogP contribution in [0.3, 0.4) is 0 Å². The molecule has 2 atom stereocenters. The van der Waals surface area contributed by atoms with Gasteiger partial charge in [-0.1, -0.05) is 0 Å². The van der Waals surface area contributed by atoms with E-state index in [9.17, 15) is 0 Å². The zero-order valence-electron chi connectivity index (χ0n) is 11.4. The molecule has 0 aromatic carbocycles. The highest BCUT2D eigenvalue weighted by Gasteiger charge is 2.34. The van der Waals surface area contributed by atoms with Gasteiger partial charge in [0, 0.05) is 42.0 Å². The van der Waals surface area contributed by atoms with Crippen LogP contribution in [0.25, 0.3) is 10.6 Å². The molecular weight excluding hydrogens is 286 g/mol. The summed E-state index contributed by atoms with van der Waals surface area (Å²) >= 11 is 3.51. The second-order valence-electron chi connectivity index (χ2n) is 5.81. The van der Waals surface area contributed by atoms with Crippen molar-refractivity contribution >= 4 is 22.7 Å². The first-order valence-corrected chi connectivity index (χ1v) is 9.13. The number of hydrogen-bond donors (Lipinski definition) is 1. The van der Waals surface area contributed by atoms with Crippen molar-refractivity contribution in [2.45, 2.75) is 25.4 Å². The molecule has 0 amide bonds. The molecule has 2 aromatic heterocycles. The van der Waals surface area contributed by atoms with Gasteiger partial charge in [-0.05, 0) is 36.8 Å². The Morgan fingerprint density at radius 1 is 1.35 bits per heavy atom. The number of likely N-dealkylation sites (tertiary alicyclic amines) is 1. The van der Waals surface area contributed by atoms with E-state index in [1.807, 2.05) is 0 Å². The fraction of sp³-hybridized carbons (Fsp3) is 0.533. The average molecular weight is 305 g/mol. The smallest absolute Gasteiger partial charge is 0.124 e. The molecule has 2 aliphatic rings. The Bertz CT molecular complexity index is 549. The van der Waals surface area contributed by atoms with Crippen LogP contribution in [-0.2, 0) is 6.54 Å². The Morgan fingerprint density at radius 3 is 3.20 bits per heavy atom. The lowest BCUT2D eigenvalue weighted by molar-refractivity contribution is 0.310. The van der Waals surface area contributed by atoms with E-state index in [2.05, 4.69) is 32.4 Å². The lowest BCUT2D eigenvalue weighted by atomic mass is 9.94. The molecule has 4 rings (SSSR count). The Labute approximate surface area is 127 Å². The topological polar surface area (TPSA) is 28.2 Å². The van der Waals surface area contributed by atoms with E-state index in [1.54, 1.807) is 22.7 Å². The highest BCUT2D eigenvalue weighted by atomic mass is 32.1. The zero-order valence-corrected chi connectivity index (χ0v) is 13.1. The normalized spacial score (nSPS) is 26.8. The molecule has 0 unspecified atom stereocenters. The quantitative estimate of drug-likeness (QED) is 0.944. The van der Waals surface area contributed by atoms with Crippen LogP contribution in [0.2, 0.25) is 0 Å². The van der Waals surface area contributed by atoms with Gasteiger partial charge in [0.15, 0.2) is 0 Å². The van der Waals surface area contributed by atoms with Gasteiger partial charge < -0.3 is 5.32 Å². The van der Waals surface area contributed by atoms with Crippen molar-refractivity contribution in [2.75, 3.05) is 19.6 Å². The number of hydrogen-bond acceptors (Lipinski definition) is 5. The lowest BCUT2D eigenvalue weighted by Gasteiger charge is -2.24. The van der Waals surface area contributed by atoms with Crippen LogP contribution in [0.5, 0.6) is 0 Å². The maximum Gasteiger partial charge on any atom is 0.124 e. The minimum Gasteiger partial charge on any atom is -0.312 e. The van der Waals surface area contributed by atoms with Crippen molar-refractivity contribution in [2.24, 2.45) is 5.92 Å². The van der Waals surface area contributed by atoms with Gasteiger partial charge in [0.25, 0.3) is 0 Å². The summed E-state index contributed by atoms with van der Waals surface area (Å²) in [4.78, 5) is 7.37. The molecule has 2 aliphatic heterocycles. The molecule has 0 bridgehead atoms. The fourth-order valence-corrected chi connectivity index (χ4v) is 4.92. The Hall–Kier alpha value is -0.750. The summed E-state index contributed by atoms with van der Waals surface area (Å²) in [6, 6.07) is 2.88. The first-order valence-electron chi connectivity index (χ1n) is 7.31. The number of nitrogens with one attached hydrogen (secondary N) is 1. The van der Waals surface area contributed by atoms with Gasteiger partial charge in [-0.15, -0.1) is 11.3 Å². The molecule has 2 saturated heterocycles. The highest BCUT2D eigenvalue weighted by molar-refractivity contribution is 7.14. The van der Waals surface area contributed by atoms with Gasteiger partial charge in [0.2, 0.25) is 0 Å². The number of thiophene rings is 1. The number of piperidine rings is 1. The third kappa shape index (κ3) is 2.55. The standard InChI is InChI=1S/C15H19N3S2/c1-2-11-6-18(8-14(11)16-4-1)7-13-10-20-15(17-13)12-3-5-19-9-12/h3,5,9-11,14,16H,1-2,4,6-8H2/t11-,14+/m0/s1. The van der Waals surface area contributed by atoms with Gasteiger partial charge in [-0.25, -0.2) is 4.98 Å². The first-order chi connectivity index (χ1) is 9.88. The van der Waals surface area contributed by atoms with E-state index in [4.69, 9.17) is 4.98 Å². The van der Waals surface area contributed by atoms with Gasteiger partial charge >= 0.3 is 0 Å². The van der Waals surface area contributed by atoms with Crippen LogP contribution >= 0.6 is 22.7 Å². The van der Waals surface area contributed by atoms with Crippen molar-refractivity contribution in [1.82, 2.24) is 15.2 Å². The summed E-state index contributed by atoms with van der Waals surface area (Å²) in [5, 5.41) is 11.3. The van der Waals surface area contributed by atoms with Gasteiger partial charge in [0.1, 0.15) is 5.01 Å². The summed E-state index contributed by atoms with van der Waals surface area (Å²) in [6.07, 6.45) is 2.74. The molecule has 20 heavy (non-hydrogen) atoms. The lowest BCUT2D eigenvalue weighted by Crippen LogP contribution is -2.40. The number of nitrogens with zero attached hydrogens (tertiary/aromatic N) is 2. The van der Waals surface area contributed by atoms with E-state index in [0.717, 1.165) is 23.5 Å². The minimum atomic E-state index is 0.721. The zero-order chi connectivity index (χ0) is 13.4. The molecule has 0 saturated carbocycles. The molecule has 1 N–H and O–H groups in total. The molecule has 2 fully saturated rings. The van der Waals surface area contributed by atoms with Crippen molar-refractivity contribution in [1.29, 1.82) is 0 Å². The van der Waals surface area contributed by atoms with Crippen molar-refractivity contribution < 1.29 is 0 Å². The molecule has 2 aromatic rings. The van der Waals surface area contributed by atoms with Crippen LogP contribution < -0.4 is 5.32 Å². The maximum atomic E-state index is 4.80. The van der Waals surface area contributed by atoms with Crippen molar-refractivity contribution in [3.8, 4) is 10.6 Å². The highest BCUT2D eigenvalue weighted by Crippen LogP contribution is 2.29. The molecule has 5 heteroatoms. The molecule has 106 valence electrons. The van der Waals surface area contributed by atoms with E-state index in [-0.39, 0.29) is 0 Å². The fourth-order valence-electron chi connectivity index (χ4n) is 3.39. The number of rotatable bonds is 3. The Balaban J connectivity index is 1.42. The third-order valence-corrected chi connectivity index (χ3v) is 6.00. The van der Waals surface area contributed by atoms with E-state index >= 15 is 0 Å². The second-order valence-corrected chi connectivity index (χ2v) is 7.45. The number of aromatic nitrogens is 1. The van der Waals surface area contributed by atoms with Gasteiger partial charge in [-0.3, -0.25) is 4.90 Å². The van der Waals surface area contributed by atoms with Crippen LogP contribution in [-0.4, -0.2) is 35.6 Å². The number of thiazole rings is 1. The summed E-state index contributed by atoms with van der Waals surface area (Å²) in [6.45, 7) is 4.64. The van der Waals surface area contributed by atoms with E-state index in [0.29, 0.717) is 0 Å². The summed E-state index contributed by atoms with van der Waals surface area (Å²) < 4.78 is 0. The number of fused-ring (bicyclic) bond motifs is 1. The Morgan fingerprint density at radius 2 is 2.35 bits per heavy atom.